The first-order valence-corrected chi connectivity index (χ1v) is 7.64. The topological polar surface area (TPSA) is 112 Å². The number of hydrogen-bond donors (Lipinski definition) is 1. The molecule has 0 radical (unpaired) electrons. The van der Waals surface area contributed by atoms with Crippen molar-refractivity contribution in [3.05, 3.63) is 70.0 Å². The monoisotopic (exact) mass is 354 g/mol. The van der Waals surface area contributed by atoms with Gasteiger partial charge in [0.25, 0.3) is 11.6 Å². The number of carbonyl (C=O) groups is 2. The Morgan fingerprint density at radius 2 is 1.96 bits per heavy atom. The van der Waals surface area contributed by atoms with Crippen LogP contribution in [0, 0.1) is 17.0 Å². The van der Waals surface area contributed by atoms with Gasteiger partial charge in [-0.15, -0.1) is 0 Å². The molecular formula is C18H14N2O6. The number of hydrogen-bond acceptors (Lipinski definition) is 6. The van der Waals surface area contributed by atoms with Gasteiger partial charge in [0.05, 0.1) is 4.92 Å². The largest absolute Gasteiger partial charge is 0.450 e. The summed E-state index contributed by atoms with van der Waals surface area (Å²) in [7, 11) is 0. The van der Waals surface area contributed by atoms with E-state index in [-0.39, 0.29) is 11.4 Å². The van der Waals surface area contributed by atoms with Gasteiger partial charge in [0.1, 0.15) is 5.58 Å². The maximum Gasteiger partial charge on any atom is 0.374 e. The Morgan fingerprint density at radius 3 is 2.65 bits per heavy atom. The lowest BCUT2D eigenvalue weighted by atomic mass is 10.2. The number of ether oxygens (including phenoxy) is 1. The second-order valence-corrected chi connectivity index (χ2v) is 5.53. The number of esters is 1. The van der Waals surface area contributed by atoms with Gasteiger partial charge in [-0.05, 0) is 30.7 Å². The van der Waals surface area contributed by atoms with E-state index < -0.39 is 23.4 Å². The van der Waals surface area contributed by atoms with Gasteiger partial charge >= 0.3 is 5.97 Å². The summed E-state index contributed by atoms with van der Waals surface area (Å²) in [6.07, 6.45) is 0. The van der Waals surface area contributed by atoms with Crippen LogP contribution in [0.4, 0.5) is 11.4 Å². The second-order valence-electron chi connectivity index (χ2n) is 5.53. The summed E-state index contributed by atoms with van der Waals surface area (Å²) in [5.74, 6) is -1.31. The van der Waals surface area contributed by atoms with Crippen molar-refractivity contribution in [2.45, 2.75) is 6.92 Å². The highest BCUT2D eigenvalue weighted by atomic mass is 16.6. The minimum absolute atomic E-state index is 0.00511. The number of amides is 1. The minimum atomic E-state index is -0.753. The average molecular weight is 354 g/mol. The van der Waals surface area contributed by atoms with E-state index in [4.69, 9.17) is 9.15 Å². The molecule has 1 aromatic heterocycles. The van der Waals surface area contributed by atoms with E-state index in [9.17, 15) is 19.7 Å². The van der Waals surface area contributed by atoms with Crippen molar-refractivity contribution >= 4 is 34.2 Å². The van der Waals surface area contributed by atoms with Crippen molar-refractivity contribution in [3.63, 3.8) is 0 Å². The van der Waals surface area contributed by atoms with Crippen LogP contribution in [0.3, 0.4) is 0 Å². The van der Waals surface area contributed by atoms with Crippen LogP contribution in [0.1, 0.15) is 16.1 Å². The molecule has 1 heterocycles. The molecule has 0 bridgehead atoms. The molecule has 8 heteroatoms. The summed E-state index contributed by atoms with van der Waals surface area (Å²) in [4.78, 5) is 34.1. The first-order valence-electron chi connectivity index (χ1n) is 7.64. The number of furan rings is 1. The van der Waals surface area contributed by atoms with Crippen LogP contribution in [0.15, 0.2) is 52.9 Å². The summed E-state index contributed by atoms with van der Waals surface area (Å²) >= 11 is 0. The number of benzene rings is 2. The number of nitro groups is 1. The number of carbonyl (C=O) groups excluding carboxylic acids is 2. The van der Waals surface area contributed by atoms with Gasteiger partial charge in [0, 0.05) is 23.2 Å². The molecule has 1 amide bonds. The molecule has 3 aromatic rings. The fourth-order valence-electron chi connectivity index (χ4n) is 2.37. The van der Waals surface area contributed by atoms with Gasteiger partial charge in [-0.1, -0.05) is 18.2 Å². The lowest BCUT2D eigenvalue weighted by Gasteiger charge is -2.08. The number of anilines is 1. The van der Waals surface area contributed by atoms with E-state index in [0.717, 1.165) is 5.39 Å². The average Bonchev–Trinajstić information content (AvgIpc) is 3.05. The molecule has 0 unspecified atom stereocenters. The first-order chi connectivity index (χ1) is 12.4. The van der Waals surface area contributed by atoms with Crippen LogP contribution in [0.25, 0.3) is 11.0 Å². The summed E-state index contributed by atoms with van der Waals surface area (Å²) in [5.41, 5.74) is 1.40. The van der Waals surface area contributed by atoms with Gasteiger partial charge in [-0.2, -0.15) is 0 Å². The predicted molar refractivity (Wildman–Crippen MR) is 93.0 cm³/mol. The van der Waals surface area contributed by atoms with Crippen molar-refractivity contribution in [3.8, 4) is 0 Å². The Morgan fingerprint density at radius 1 is 1.19 bits per heavy atom. The highest BCUT2D eigenvalue weighted by Gasteiger charge is 2.16. The SMILES string of the molecule is Cc1cc([N+](=O)[O-])ccc1NC(=O)COC(=O)c1cc2ccccc2o1. The normalized spacial score (nSPS) is 10.5. The van der Waals surface area contributed by atoms with E-state index >= 15 is 0 Å². The van der Waals surface area contributed by atoms with Crippen molar-refractivity contribution in [1.82, 2.24) is 0 Å². The summed E-state index contributed by atoms with van der Waals surface area (Å²) in [5, 5.41) is 14.0. The van der Waals surface area contributed by atoms with E-state index in [0.29, 0.717) is 16.8 Å². The van der Waals surface area contributed by atoms with Gasteiger partial charge in [-0.3, -0.25) is 14.9 Å². The van der Waals surface area contributed by atoms with E-state index in [1.807, 2.05) is 6.07 Å². The van der Waals surface area contributed by atoms with Crippen LogP contribution >= 0.6 is 0 Å². The third kappa shape index (κ3) is 3.69. The fourth-order valence-corrected chi connectivity index (χ4v) is 2.37. The van der Waals surface area contributed by atoms with Gasteiger partial charge in [0.2, 0.25) is 5.76 Å². The molecular weight excluding hydrogens is 340 g/mol. The molecule has 0 aliphatic rings. The van der Waals surface area contributed by atoms with E-state index in [1.54, 1.807) is 25.1 Å². The zero-order chi connectivity index (χ0) is 18.7. The Labute approximate surface area is 147 Å². The zero-order valence-corrected chi connectivity index (χ0v) is 13.7. The molecule has 8 nitrogen and oxygen atoms in total. The summed E-state index contributed by atoms with van der Waals surface area (Å²) < 4.78 is 10.3. The summed E-state index contributed by atoms with van der Waals surface area (Å²) in [6, 6.07) is 12.7. The lowest BCUT2D eigenvalue weighted by molar-refractivity contribution is -0.384. The molecule has 2 aromatic carbocycles. The lowest BCUT2D eigenvalue weighted by Crippen LogP contribution is -2.21. The molecule has 0 aliphatic carbocycles. The van der Waals surface area contributed by atoms with Crippen LogP contribution in [0.5, 0.6) is 0 Å². The van der Waals surface area contributed by atoms with Crippen molar-refractivity contribution < 1.29 is 23.7 Å². The van der Waals surface area contributed by atoms with Crippen LogP contribution in [-0.4, -0.2) is 23.4 Å². The Hall–Kier alpha value is -3.68. The van der Waals surface area contributed by atoms with Gasteiger partial charge < -0.3 is 14.5 Å². The van der Waals surface area contributed by atoms with Crippen molar-refractivity contribution in [2.75, 3.05) is 11.9 Å². The molecule has 0 atom stereocenters. The van der Waals surface area contributed by atoms with Crippen molar-refractivity contribution in [1.29, 1.82) is 0 Å². The Balaban J connectivity index is 1.60. The second kappa shape index (κ2) is 7.06. The maximum absolute atomic E-state index is 12.0. The van der Waals surface area contributed by atoms with Crippen LogP contribution < -0.4 is 5.32 Å². The van der Waals surface area contributed by atoms with Gasteiger partial charge in [-0.25, -0.2) is 4.79 Å². The van der Waals surface area contributed by atoms with Crippen molar-refractivity contribution in [2.24, 2.45) is 0 Å². The molecule has 0 fully saturated rings. The first kappa shape index (κ1) is 17.2. The number of nitro benzene ring substituents is 1. The molecule has 132 valence electrons. The molecule has 26 heavy (non-hydrogen) atoms. The third-order valence-electron chi connectivity index (χ3n) is 3.66. The minimum Gasteiger partial charge on any atom is -0.450 e. The standard InChI is InChI=1S/C18H14N2O6/c1-11-8-13(20(23)24)6-7-14(11)19-17(21)10-25-18(22)16-9-12-4-2-3-5-15(12)26-16/h2-9H,10H2,1H3,(H,19,21). The molecule has 0 aliphatic heterocycles. The molecule has 0 saturated carbocycles. The number of non-ortho nitro benzene ring substituents is 1. The number of para-hydroxylation sites is 1. The van der Waals surface area contributed by atoms with E-state index in [2.05, 4.69) is 5.32 Å². The molecule has 3 rings (SSSR count). The highest BCUT2D eigenvalue weighted by Crippen LogP contribution is 2.21. The molecule has 0 spiro atoms. The number of nitrogens with zero attached hydrogens (tertiary/aromatic N) is 1. The van der Waals surface area contributed by atoms with Gasteiger partial charge in [0.15, 0.2) is 6.61 Å². The zero-order valence-electron chi connectivity index (χ0n) is 13.7. The Kier molecular flexibility index (Phi) is 4.66. The van der Waals surface area contributed by atoms with Crippen LogP contribution in [-0.2, 0) is 9.53 Å². The number of nitrogens with one attached hydrogen (secondary N) is 1. The van der Waals surface area contributed by atoms with Crippen LogP contribution in [0.2, 0.25) is 0 Å². The van der Waals surface area contributed by atoms with E-state index in [1.165, 1.54) is 24.3 Å². The third-order valence-corrected chi connectivity index (χ3v) is 3.66. The molecule has 0 saturated heterocycles. The number of rotatable bonds is 5. The number of aryl methyl sites for hydroxylation is 1. The Bertz CT molecular complexity index is 975. The maximum atomic E-state index is 12.0. The number of fused-ring (bicyclic) bond motifs is 1. The predicted octanol–water partition coefficient (Wildman–Crippen LogP) is 3.44. The highest BCUT2D eigenvalue weighted by molar-refractivity contribution is 5.96. The summed E-state index contributed by atoms with van der Waals surface area (Å²) in [6.45, 7) is 1.12. The quantitative estimate of drug-likeness (QED) is 0.427. The smallest absolute Gasteiger partial charge is 0.374 e. The fraction of sp³-hybridized carbons (Fsp3) is 0.111. The molecule has 1 N–H and O–H groups in total.